The molecule has 0 bridgehead atoms. The number of amides is 4. The lowest BCUT2D eigenvalue weighted by Crippen LogP contribution is -2.46. The van der Waals surface area contributed by atoms with Crippen molar-refractivity contribution in [1.82, 2.24) is 16.0 Å². The zero-order valence-corrected chi connectivity index (χ0v) is 18.0. The minimum Gasteiger partial charge on any atom is -0.454 e. The Bertz CT molecular complexity index is 902. The molecule has 9 heteroatoms. The van der Waals surface area contributed by atoms with E-state index < -0.39 is 36.6 Å². The monoisotopic (exact) mass is 441 g/mol. The number of ether oxygens (including phenoxy) is 2. The van der Waals surface area contributed by atoms with Gasteiger partial charge in [-0.1, -0.05) is 60.7 Å². The van der Waals surface area contributed by atoms with Gasteiger partial charge in [0, 0.05) is 12.5 Å². The second-order valence-electron chi connectivity index (χ2n) is 7.23. The van der Waals surface area contributed by atoms with Gasteiger partial charge in [0.15, 0.2) is 6.61 Å². The van der Waals surface area contributed by atoms with E-state index in [4.69, 9.17) is 9.47 Å². The van der Waals surface area contributed by atoms with Gasteiger partial charge in [0.1, 0.15) is 12.6 Å². The molecule has 0 spiro atoms. The predicted octanol–water partition coefficient (Wildman–Crippen LogP) is 2.30. The highest BCUT2D eigenvalue weighted by molar-refractivity contribution is 5.96. The molecular formula is C23H27N3O6. The van der Waals surface area contributed by atoms with Gasteiger partial charge in [0.2, 0.25) is 0 Å². The second kappa shape index (κ2) is 12.7. The molecule has 0 aliphatic rings. The van der Waals surface area contributed by atoms with Gasteiger partial charge in [-0.25, -0.2) is 14.4 Å². The first kappa shape index (κ1) is 24.4. The summed E-state index contributed by atoms with van der Waals surface area (Å²) in [6.45, 7) is 2.84. The lowest BCUT2D eigenvalue weighted by Gasteiger charge is -2.18. The van der Waals surface area contributed by atoms with Crippen molar-refractivity contribution in [2.75, 3.05) is 6.61 Å². The smallest absolute Gasteiger partial charge is 0.408 e. The van der Waals surface area contributed by atoms with Gasteiger partial charge in [-0.2, -0.15) is 0 Å². The third-order valence-electron chi connectivity index (χ3n) is 4.09. The van der Waals surface area contributed by atoms with E-state index in [-0.39, 0.29) is 19.1 Å². The first-order valence-corrected chi connectivity index (χ1v) is 10.1. The Morgan fingerprint density at radius 1 is 0.812 bits per heavy atom. The molecule has 2 rings (SSSR count). The molecule has 2 aromatic carbocycles. The number of carbonyl (C=O) groups is 4. The van der Waals surface area contributed by atoms with Gasteiger partial charge in [0.05, 0.1) is 0 Å². The highest BCUT2D eigenvalue weighted by atomic mass is 16.6. The summed E-state index contributed by atoms with van der Waals surface area (Å²) in [6.07, 6.45) is -0.664. The molecule has 3 N–H and O–H groups in total. The van der Waals surface area contributed by atoms with Gasteiger partial charge in [-0.15, -0.1) is 0 Å². The fourth-order valence-corrected chi connectivity index (χ4v) is 2.65. The summed E-state index contributed by atoms with van der Waals surface area (Å²) in [5.74, 6) is -1.62. The van der Waals surface area contributed by atoms with Crippen molar-refractivity contribution in [3.05, 3.63) is 71.8 Å². The number of hydrogen-bond donors (Lipinski definition) is 3. The molecule has 0 unspecified atom stereocenters. The molecule has 1 atom stereocenters. The van der Waals surface area contributed by atoms with Crippen LogP contribution in [0.3, 0.4) is 0 Å². The third-order valence-corrected chi connectivity index (χ3v) is 4.09. The van der Waals surface area contributed by atoms with Crippen LogP contribution in [0.25, 0.3) is 0 Å². The molecule has 32 heavy (non-hydrogen) atoms. The molecule has 0 aliphatic heterocycles. The van der Waals surface area contributed by atoms with Crippen molar-refractivity contribution < 1.29 is 28.7 Å². The van der Waals surface area contributed by atoms with Crippen LogP contribution in [0.4, 0.5) is 9.59 Å². The molecule has 0 aromatic heterocycles. The fraction of sp³-hybridized carbons (Fsp3) is 0.304. The topological polar surface area (TPSA) is 123 Å². The average molecular weight is 441 g/mol. The van der Waals surface area contributed by atoms with Crippen LogP contribution in [0, 0.1) is 0 Å². The van der Waals surface area contributed by atoms with Crippen molar-refractivity contribution in [2.45, 2.75) is 39.0 Å². The molecule has 0 fully saturated rings. The molecule has 9 nitrogen and oxygen atoms in total. The van der Waals surface area contributed by atoms with Gasteiger partial charge in [-0.05, 0) is 25.0 Å². The van der Waals surface area contributed by atoms with Gasteiger partial charge in [-0.3, -0.25) is 10.1 Å². The Labute approximate surface area is 186 Å². The number of benzene rings is 2. The molecule has 0 saturated heterocycles. The van der Waals surface area contributed by atoms with E-state index in [0.717, 1.165) is 11.1 Å². The van der Waals surface area contributed by atoms with Crippen LogP contribution >= 0.6 is 0 Å². The number of rotatable bonds is 9. The Morgan fingerprint density at radius 2 is 1.41 bits per heavy atom. The number of nitrogens with one attached hydrogen (secondary N) is 3. The summed E-state index contributed by atoms with van der Waals surface area (Å²) < 4.78 is 10.2. The quantitative estimate of drug-likeness (QED) is 0.513. The summed E-state index contributed by atoms with van der Waals surface area (Å²) in [7, 11) is 0. The molecular weight excluding hydrogens is 414 g/mol. The predicted molar refractivity (Wildman–Crippen MR) is 116 cm³/mol. The van der Waals surface area contributed by atoms with Gasteiger partial charge < -0.3 is 20.1 Å². The first-order valence-electron chi connectivity index (χ1n) is 10.1. The first-order chi connectivity index (χ1) is 15.3. The molecule has 170 valence electrons. The number of urea groups is 1. The highest BCUT2D eigenvalue weighted by Gasteiger charge is 2.24. The SMILES string of the molecule is CC(C)NC(=O)NC(=O)COC(=O)[C@H](Cc1ccccc1)NC(=O)OCc1ccccc1. The van der Waals surface area contributed by atoms with E-state index in [1.807, 2.05) is 24.3 Å². The number of imide groups is 1. The maximum atomic E-state index is 12.6. The van der Waals surface area contributed by atoms with Crippen LogP contribution in [0.1, 0.15) is 25.0 Å². The van der Waals surface area contributed by atoms with Crippen LogP contribution in [0.2, 0.25) is 0 Å². The summed E-state index contributed by atoms with van der Waals surface area (Å²) in [4.78, 5) is 48.2. The largest absolute Gasteiger partial charge is 0.454 e. The highest BCUT2D eigenvalue weighted by Crippen LogP contribution is 2.06. The van der Waals surface area contributed by atoms with Crippen molar-refractivity contribution >= 4 is 24.0 Å². The number of esters is 1. The summed E-state index contributed by atoms with van der Waals surface area (Å²) in [6, 6.07) is 16.2. The van der Waals surface area contributed by atoms with E-state index in [2.05, 4.69) is 16.0 Å². The zero-order chi connectivity index (χ0) is 23.3. The molecule has 2 aromatic rings. The average Bonchev–Trinajstić information content (AvgIpc) is 2.76. The van der Waals surface area contributed by atoms with Crippen LogP contribution in [-0.4, -0.2) is 42.7 Å². The molecule has 0 radical (unpaired) electrons. The normalized spacial score (nSPS) is 11.2. The summed E-state index contributed by atoms with van der Waals surface area (Å²) >= 11 is 0. The van der Waals surface area contributed by atoms with Gasteiger partial charge in [0.25, 0.3) is 5.91 Å². The standard InChI is InChI=1S/C23H27N3O6/c1-16(2)24-22(29)26-20(27)15-31-21(28)19(13-17-9-5-3-6-10-17)25-23(30)32-14-18-11-7-4-8-12-18/h3-12,16,19H,13-15H2,1-2H3,(H,25,30)(H2,24,26,27,29)/t19-/m0/s1. The van der Waals surface area contributed by atoms with Crippen molar-refractivity contribution in [3.8, 4) is 0 Å². The fourth-order valence-electron chi connectivity index (χ4n) is 2.65. The maximum absolute atomic E-state index is 12.6. The van der Waals surface area contributed by atoms with E-state index in [1.54, 1.807) is 50.2 Å². The molecule has 4 amide bonds. The van der Waals surface area contributed by atoms with Crippen molar-refractivity contribution in [2.24, 2.45) is 0 Å². The number of carbonyl (C=O) groups excluding carboxylic acids is 4. The Morgan fingerprint density at radius 3 is 2.00 bits per heavy atom. The van der Waals surface area contributed by atoms with Crippen molar-refractivity contribution in [3.63, 3.8) is 0 Å². The Kier molecular flexibility index (Phi) is 9.70. The van der Waals surface area contributed by atoms with E-state index in [0.29, 0.717) is 0 Å². The second-order valence-corrected chi connectivity index (χ2v) is 7.23. The minimum atomic E-state index is -1.09. The lowest BCUT2D eigenvalue weighted by molar-refractivity contribution is -0.150. The maximum Gasteiger partial charge on any atom is 0.408 e. The number of hydrogen-bond acceptors (Lipinski definition) is 6. The molecule has 0 heterocycles. The van der Waals surface area contributed by atoms with E-state index in [1.165, 1.54) is 0 Å². The van der Waals surface area contributed by atoms with Crippen LogP contribution in [0.15, 0.2) is 60.7 Å². The Balaban J connectivity index is 1.93. The third kappa shape index (κ3) is 9.29. The van der Waals surface area contributed by atoms with Crippen LogP contribution < -0.4 is 16.0 Å². The van der Waals surface area contributed by atoms with Crippen LogP contribution in [0.5, 0.6) is 0 Å². The van der Waals surface area contributed by atoms with E-state index in [9.17, 15) is 19.2 Å². The zero-order valence-electron chi connectivity index (χ0n) is 18.0. The van der Waals surface area contributed by atoms with E-state index >= 15 is 0 Å². The van der Waals surface area contributed by atoms with Crippen molar-refractivity contribution in [1.29, 1.82) is 0 Å². The Hall–Kier alpha value is -3.88. The molecule has 0 aliphatic carbocycles. The molecule has 0 saturated carbocycles. The lowest BCUT2D eigenvalue weighted by atomic mass is 10.1. The number of alkyl carbamates (subject to hydrolysis) is 1. The summed E-state index contributed by atoms with van der Waals surface area (Å²) in [5, 5.41) is 7.02. The van der Waals surface area contributed by atoms with Gasteiger partial charge >= 0.3 is 18.1 Å². The summed E-state index contributed by atoms with van der Waals surface area (Å²) in [5.41, 5.74) is 1.57. The minimum absolute atomic E-state index is 0.0349. The van der Waals surface area contributed by atoms with Crippen LogP contribution in [-0.2, 0) is 32.1 Å².